The van der Waals surface area contributed by atoms with Crippen molar-refractivity contribution >= 4 is 5.69 Å². The molecule has 0 bridgehead atoms. The van der Waals surface area contributed by atoms with Gasteiger partial charge in [-0.25, -0.2) is 0 Å². The first-order chi connectivity index (χ1) is 12.1. The number of benzene rings is 2. The normalized spacial score (nSPS) is 11.5. The van der Waals surface area contributed by atoms with Crippen LogP contribution in [0.5, 0.6) is 23.0 Å². The second-order valence-electron chi connectivity index (χ2n) is 5.96. The van der Waals surface area contributed by atoms with Crippen LogP contribution in [-0.4, -0.2) is 33.5 Å². The van der Waals surface area contributed by atoms with Gasteiger partial charge in [0.2, 0.25) is 0 Å². The highest BCUT2D eigenvalue weighted by atomic mass is 16.5. The van der Waals surface area contributed by atoms with Crippen LogP contribution in [-0.2, 0) is 0 Å². The maximum atomic E-state index is 6.27. The van der Waals surface area contributed by atoms with E-state index < -0.39 is 0 Å². The highest BCUT2D eigenvalue weighted by Crippen LogP contribution is 2.51. The molecule has 0 amide bonds. The average Bonchev–Trinajstić information content (AvgIpc) is 3.06. The minimum Gasteiger partial charge on any atom is -0.497 e. The monoisotopic (exact) mass is 338 g/mol. The number of anilines is 1. The van der Waals surface area contributed by atoms with Crippen molar-refractivity contribution in [3.05, 3.63) is 36.6 Å². The van der Waals surface area contributed by atoms with E-state index >= 15 is 0 Å². The van der Waals surface area contributed by atoms with Crippen LogP contribution in [0.25, 0.3) is 22.4 Å². The largest absolute Gasteiger partial charge is 0.497 e. The van der Waals surface area contributed by atoms with Gasteiger partial charge in [0.1, 0.15) is 23.5 Å². The van der Waals surface area contributed by atoms with Gasteiger partial charge in [-0.2, -0.15) is 0 Å². The Morgan fingerprint density at radius 3 is 2.52 bits per heavy atom. The maximum Gasteiger partial charge on any atom is 0.179 e. The van der Waals surface area contributed by atoms with E-state index in [4.69, 9.17) is 18.7 Å². The Labute approximate surface area is 145 Å². The number of rotatable bonds is 3. The van der Waals surface area contributed by atoms with Crippen LogP contribution in [0.15, 0.2) is 41.1 Å². The van der Waals surface area contributed by atoms with Gasteiger partial charge in [0, 0.05) is 37.5 Å². The van der Waals surface area contributed by atoms with E-state index in [1.165, 1.54) is 0 Å². The fourth-order valence-corrected chi connectivity index (χ4v) is 2.96. The van der Waals surface area contributed by atoms with Crippen molar-refractivity contribution in [3.63, 3.8) is 0 Å². The number of hydrogen-bond donors (Lipinski definition) is 0. The van der Waals surface area contributed by atoms with E-state index in [2.05, 4.69) is 5.16 Å². The van der Waals surface area contributed by atoms with E-state index in [0.29, 0.717) is 22.9 Å². The Morgan fingerprint density at radius 2 is 1.80 bits per heavy atom. The zero-order valence-electron chi connectivity index (χ0n) is 14.5. The van der Waals surface area contributed by atoms with Crippen molar-refractivity contribution in [2.75, 3.05) is 33.2 Å². The predicted molar refractivity (Wildman–Crippen MR) is 94.9 cm³/mol. The van der Waals surface area contributed by atoms with Gasteiger partial charge in [-0.15, -0.1) is 0 Å². The number of fused-ring (bicyclic) bond motifs is 5. The van der Waals surface area contributed by atoms with Gasteiger partial charge in [-0.3, -0.25) is 0 Å². The molecule has 2 heterocycles. The van der Waals surface area contributed by atoms with Crippen LogP contribution >= 0.6 is 0 Å². The third-order valence-corrected chi connectivity index (χ3v) is 4.29. The average molecular weight is 338 g/mol. The van der Waals surface area contributed by atoms with E-state index in [9.17, 15) is 0 Å². The second kappa shape index (κ2) is 5.73. The number of nitrogens with zero attached hydrogens (tertiary/aromatic N) is 2. The number of methoxy groups -OCH3 is 2. The summed E-state index contributed by atoms with van der Waals surface area (Å²) < 4.78 is 22.4. The number of hydrogen-bond acceptors (Lipinski definition) is 6. The molecule has 1 aliphatic rings. The minimum absolute atomic E-state index is 0.575. The SMILES string of the molecule is COc1cc(OC)c2c(c1)-c1nocc1-c1ccc(N(C)C)cc1O2. The van der Waals surface area contributed by atoms with E-state index in [1.807, 2.05) is 43.3 Å². The van der Waals surface area contributed by atoms with Gasteiger partial charge in [0.15, 0.2) is 11.5 Å². The molecule has 1 aliphatic heterocycles. The molecule has 6 heteroatoms. The molecule has 25 heavy (non-hydrogen) atoms. The Morgan fingerprint density at radius 1 is 0.960 bits per heavy atom. The van der Waals surface area contributed by atoms with E-state index in [1.54, 1.807) is 26.5 Å². The van der Waals surface area contributed by atoms with Gasteiger partial charge < -0.3 is 23.6 Å². The molecule has 6 nitrogen and oxygen atoms in total. The van der Waals surface area contributed by atoms with Gasteiger partial charge in [-0.05, 0) is 18.2 Å². The molecular weight excluding hydrogens is 320 g/mol. The summed E-state index contributed by atoms with van der Waals surface area (Å²) in [4.78, 5) is 2.02. The summed E-state index contributed by atoms with van der Waals surface area (Å²) in [6.07, 6.45) is 1.63. The third-order valence-electron chi connectivity index (χ3n) is 4.29. The Kier molecular flexibility index (Phi) is 3.53. The molecule has 0 unspecified atom stereocenters. The molecule has 0 spiro atoms. The van der Waals surface area contributed by atoms with Gasteiger partial charge in [-0.1, -0.05) is 5.16 Å². The Hall–Kier alpha value is -3.15. The summed E-state index contributed by atoms with van der Waals surface area (Å²) in [5.41, 5.74) is 4.28. The summed E-state index contributed by atoms with van der Waals surface area (Å²) >= 11 is 0. The summed E-state index contributed by atoms with van der Waals surface area (Å²) in [5.74, 6) is 2.55. The molecule has 3 aromatic rings. The molecule has 0 saturated heterocycles. The highest BCUT2D eigenvalue weighted by Gasteiger charge is 2.27. The van der Waals surface area contributed by atoms with Crippen LogP contribution in [0.3, 0.4) is 0 Å². The van der Waals surface area contributed by atoms with Crippen molar-refractivity contribution in [2.45, 2.75) is 0 Å². The molecule has 4 rings (SSSR count). The first kappa shape index (κ1) is 15.4. The molecule has 0 atom stereocenters. The molecule has 0 radical (unpaired) electrons. The van der Waals surface area contributed by atoms with Crippen molar-refractivity contribution in [1.82, 2.24) is 5.16 Å². The fourth-order valence-electron chi connectivity index (χ4n) is 2.96. The summed E-state index contributed by atoms with van der Waals surface area (Å²) in [7, 11) is 7.19. The van der Waals surface area contributed by atoms with E-state index in [-0.39, 0.29) is 0 Å². The molecular formula is C19H18N2O4. The standard InChI is InChI=1S/C19H18N2O4/c1-21(2)11-5-6-13-15-10-24-20-18(15)14-8-12(22-3)9-17(23-4)19(14)25-16(13)7-11/h5-10H,1-4H3. The van der Waals surface area contributed by atoms with Crippen molar-refractivity contribution in [2.24, 2.45) is 0 Å². The second-order valence-corrected chi connectivity index (χ2v) is 5.96. The van der Waals surface area contributed by atoms with Crippen LogP contribution < -0.4 is 19.1 Å². The first-order valence-electron chi connectivity index (χ1n) is 7.82. The smallest absolute Gasteiger partial charge is 0.179 e. The molecule has 0 N–H and O–H groups in total. The minimum atomic E-state index is 0.575. The lowest BCUT2D eigenvalue weighted by Crippen LogP contribution is -2.08. The molecule has 1 aromatic heterocycles. The summed E-state index contributed by atoms with van der Waals surface area (Å²) in [6, 6.07) is 9.70. The van der Waals surface area contributed by atoms with Crippen molar-refractivity contribution in [1.29, 1.82) is 0 Å². The third kappa shape index (κ3) is 2.38. The van der Waals surface area contributed by atoms with Crippen LogP contribution in [0.1, 0.15) is 0 Å². The zero-order valence-corrected chi connectivity index (χ0v) is 14.5. The van der Waals surface area contributed by atoms with Crippen molar-refractivity contribution < 1.29 is 18.7 Å². The van der Waals surface area contributed by atoms with Crippen LogP contribution in [0.4, 0.5) is 5.69 Å². The molecule has 0 fully saturated rings. The van der Waals surface area contributed by atoms with Gasteiger partial charge in [0.05, 0.1) is 25.3 Å². The zero-order chi connectivity index (χ0) is 17.6. The number of aromatic nitrogens is 1. The highest BCUT2D eigenvalue weighted by molar-refractivity contribution is 5.90. The van der Waals surface area contributed by atoms with Gasteiger partial charge in [0.25, 0.3) is 0 Å². The predicted octanol–water partition coefficient (Wildman–Crippen LogP) is 4.20. The summed E-state index contributed by atoms with van der Waals surface area (Å²) in [6.45, 7) is 0. The first-order valence-corrected chi connectivity index (χ1v) is 7.82. The van der Waals surface area contributed by atoms with Gasteiger partial charge >= 0.3 is 0 Å². The molecule has 0 saturated carbocycles. The molecule has 128 valence electrons. The lowest BCUT2D eigenvalue weighted by atomic mass is 10.0. The fraction of sp³-hybridized carbons (Fsp3) is 0.211. The lowest BCUT2D eigenvalue weighted by molar-refractivity contribution is 0.369. The van der Waals surface area contributed by atoms with E-state index in [0.717, 1.165) is 28.1 Å². The van der Waals surface area contributed by atoms with Crippen LogP contribution in [0, 0.1) is 0 Å². The summed E-state index contributed by atoms with van der Waals surface area (Å²) in [5, 5.41) is 4.19. The Bertz CT molecular complexity index is 947. The topological polar surface area (TPSA) is 57.0 Å². The quantitative estimate of drug-likeness (QED) is 0.558. The van der Waals surface area contributed by atoms with Crippen molar-refractivity contribution in [3.8, 4) is 45.4 Å². The Balaban J connectivity index is 2.02. The molecule has 0 aliphatic carbocycles. The molecule has 2 aromatic carbocycles. The van der Waals surface area contributed by atoms with Crippen LogP contribution in [0.2, 0.25) is 0 Å². The number of ether oxygens (including phenoxy) is 3. The maximum absolute atomic E-state index is 6.27. The lowest BCUT2D eigenvalue weighted by Gasteiger charge is -2.17.